The maximum atomic E-state index is 12.0. The molecule has 20 heavy (non-hydrogen) atoms. The number of nitrogens with zero attached hydrogens (tertiary/aromatic N) is 1. The first-order chi connectivity index (χ1) is 9.58. The molecule has 5 heteroatoms. The second kappa shape index (κ2) is 6.52. The molecular formula is C15H15BrN2O2. The molecule has 0 spiro atoms. The summed E-state index contributed by atoms with van der Waals surface area (Å²) in [7, 11) is 0. The van der Waals surface area contributed by atoms with Crippen LogP contribution in [0.5, 0.6) is 0 Å². The van der Waals surface area contributed by atoms with E-state index in [0.29, 0.717) is 0 Å². The number of halogens is 1. The van der Waals surface area contributed by atoms with Gasteiger partial charge in [0.2, 0.25) is 5.91 Å². The number of aromatic nitrogens is 1. The Bertz CT molecular complexity index is 680. The summed E-state index contributed by atoms with van der Waals surface area (Å²) in [6.45, 7) is 2.05. The molecule has 0 unspecified atom stereocenters. The summed E-state index contributed by atoms with van der Waals surface area (Å²) in [5.41, 5.74) is 1.70. The lowest BCUT2D eigenvalue weighted by molar-refractivity contribution is -0.116. The predicted molar refractivity (Wildman–Crippen MR) is 82.9 cm³/mol. The van der Waals surface area contributed by atoms with Crippen molar-refractivity contribution in [2.45, 2.75) is 19.9 Å². The molecule has 1 heterocycles. The van der Waals surface area contributed by atoms with E-state index in [2.05, 4.69) is 28.2 Å². The van der Waals surface area contributed by atoms with Crippen molar-refractivity contribution in [3.05, 3.63) is 63.0 Å². The molecule has 1 N–H and O–H groups in total. The van der Waals surface area contributed by atoms with E-state index in [4.69, 9.17) is 0 Å². The minimum absolute atomic E-state index is 0.00533. The summed E-state index contributed by atoms with van der Waals surface area (Å²) in [5, 5.41) is 2.80. The summed E-state index contributed by atoms with van der Waals surface area (Å²) in [6, 6.07) is 10.8. The Balaban J connectivity index is 2.09. The number of carbonyl (C=O) groups excluding carboxylic acids is 1. The van der Waals surface area contributed by atoms with Gasteiger partial charge in [0.15, 0.2) is 0 Å². The van der Waals surface area contributed by atoms with Gasteiger partial charge in [-0.15, -0.1) is 0 Å². The van der Waals surface area contributed by atoms with Crippen LogP contribution >= 0.6 is 15.9 Å². The summed E-state index contributed by atoms with van der Waals surface area (Å²) >= 11 is 3.28. The number of rotatable bonds is 4. The van der Waals surface area contributed by atoms with Gasteiger partial charge in [-0.2, -0.15) is 0 Å². The van der Waals surface area contributed by atoms with Gasteiger partial charge in [0.05, 0.1) is 0 Å². The Labute approximate surface area is 125 Å². The third-order valence-electron chi connectivity index (χ3n) is 2.88. The molecule has 2 aromatic rings. The van der Waals surface area contributed by atoms with Gasteiger partial charge in [0.1, 0.15) is 6.54 Å². The normalized spacial score (nSPS) is 10.3. The van der Waals surface area contributed by atoms with Crippen LogP contribution in [0.15, 0.2) is 51.9 Å². The molecule has 0 fully saturated rings. The van der Waals surface area contributed by atoms with Gasteiger partial charge in [0, 0.05) is 22.4 Å². The quantitative estimate of drug-likeness (QED) is 0.934. The van der Waals surface area contributed by atoms with E-state index >= 15 is 0 Å². The van der Waals surface area contributed by atoms with Crippen LogP contribution in [0.4, 0.5) is 5.69 Å². The maximum Gasteiger partial charge on any atom is 0.251 e. The Morgan fingerprint density at radius 3 is 2.85 bits per heavy atom. The van der Waals surface area contributed by atoms with Crippen molar-refractivity contribution in [2.24, 2.45) is 0 Å². The molecule has 0 aliphatic carbocycles. The summed E-state index contributed by atoms with van der Waals surface area (Å²) in [4.78, 5) is 23.6. The fourth-order valence-corrected chi connectivity index (χ4v) is 2.23. The minimum atomic E-state index is -0.224. The summed E-state index contributed by atoms with van der Waals surface area (Å²) < 4.78 is 2.13. The molecule has 0 aliphatic heterocycles. The standard InChI is InChI=1S/C15H15BrN2O2/c1-2-11-4-3-5-13(8-11)17-14(19)10-18-9-12(16)6-7-15(18)20/h3-9H,2,10H2,1H3,(H,17,19). The van der Waals surface area contributed by atoms with Crippen molar-refractivity contribution < 1.29 is 4.79 Å². The first-order valence-electron chi connectivity index (χ1n) is 6.33. The molecule has 0 saturated heterocycles. The monoisotopic (exact) mass is 334 g/mol. The third-order valence-corrected chi connectivity index (χ3v) is 3.35. The molecular weight excluding hydrogens is 320 g/mol. The Morgan fingerprint density at radius 1 is 1.30 bits per heavy atom. The second-order valence-electron chi connectivity index (χ2n) is 4.42. The van der Waals surface area contributed by atoms with Gasteiger partial charge in [-0.05, 0) is 46.1 Å². The van der Waals surface area contributed by atoms with Gasteiger partial charge in [-0.25, -0.2) is 0 Å². The van der Waals surface area contributed by atoms with Crippen LogP contribution in [0.1, 0.15) is 12.5 Å². The SMILES string of the molecule is CCc1cccc(NC(=O)Cn2cc(Br)ccc2=O)c1. The molecule has 1 aromatic heterocycles. The summed E-state index contributed by atoms with van der Waals surface area (Å²) in [6.07, 6.45) is 2.51. The number of benzene rings is 1. The van der Waals surface area contributed by atoms with Gasteiger partial charge in [-0.1, -0.05) is 19.1 Å². The molecule has 1 amide bonds. The summed E-state index contributed by atoms with van der Waals surface area (Å²) in [5.74, 6) is -0.224. The third kappa shape index (κ3) is 3.81. The largest absolute Gasteiger partial charge is 0.325 e. The number of pyridine rings is 1. The first kappa shape index (κ1) is 14.5. The second-order valence-corrected chi connectivity index (χ2v) is 5.33. The van der Waals surface area contributed by atoms with Crippen LogP contribution in [-0.4, -0.2) is 10.5 Å². The van der Waals surface area contributed by atoms with Crippen molar-refractivity contribution in [1.29, 1.82) is 0 Å². The lowest BCUT2D eigenvalue weighted by Crippen LogP contribution is -2.26. The molecule has 0 radical (unpaired) electrons. The van der Waals surface area contributed by atoms with E-state index in [0.717, 1.165) is 22.1 Å². The van der Waals surface area contributed by atoms with Crippen LogP contribution in [0.2, 0.25) is 0 Å². The van der Waals surface area contributed by atoms with Crippen molar-refractivity contribution in [2.75, 3.05) is 5.32 Å². The lowest BCUT2D eigenvalue weighted by Gasteiger charge is -2.08. The van der Waals surface area contributed by atoms with Gasteiger partial charge in [0.25, 0.3) is 5.56 Å². The van der Waals surface area contributed by atoms with E-state index in [-0.39, 0.29) is 18.0 Å². The van der Waals surface area contributed by atoms with Gasteiger partial charge in [-0.3, -0.25) is 9.59 Å². The molecule has 4 nitrogen and oxygen atoms in total. The zero-order valence-electron chi connectivity index (χ0n) is 11.1. The van der Waals surface area contributed by atoms with E-state index in [1.54, 1.807) is 12.3 Å². The van der Waals surface area contributed by atoms with E-state index in [1.165, 1.54) is 10.6 Å². The van der Waals surface area contributed by atoms with Gasteiger partial charge < -0.3 is 9.88 Å². The number of aryl methyl sites for hydroxylation is 1. The Hall–Kier alpha value is -1.88. The van der Waals surface area contributed by atoms with E-state index < -0.39 is 0 Å². The molecule has 1 aromatic carbocycles. The van der Waals surface area contributed by atoms with Crippen LogP contribution in [0, 0.1) is 0 Å². The highest BCUT2D eigenvalue weighted by Crippen LogP contribution is 2.11. The Morgan fingerprint density at radius 2 is 2.10 bits per heavy atom. The fourth-order valence-electron chi connectivity index (χ4n) is 1.85. The van der Waals surface area contributed by atoms with Crippen molar-refractivity contribution in [1.82, 2.24) is 4.57 Å². The molecule has 0 saturated carbocycles. The number of carbonyl (C=O) groups is 1. The zero-order chi connectivity index (χ0) is 14.5. The first-order valence-corrected chi connectivity index (χ1v) is 7.12. The molecule has 0 atom stereocenters. The van der Waals surface area contributed by atoms with Gasteiger partial charge >= 0.3 is 0 Å². The van der Waals surface area contributed by atoms with Crippen molar-refractivity contribution in [3.63, 3.8) is 0 Å². The number of hydrogen-bond acceptors (Lipinski definition) is 2. The average Bonchev–Trinajstić information content (AvgIpc) is 2.43. The Kier molecular flexibility index (Phi) is 4.74. The van der Waals surface area contributed by atoms with E-state index in [1.807, 2.05) is 24.3 Å². The van der Waals surface area contributed by atoms with Crippen molar-refractivity contribution >= 4 is 27.5 Å². The van der Waals surface area contributed by atoms with Crippen LogP contribution in [0.25, 0.3) is 0 Å². The van der Waals surface area contributed by atoms with E-state index in [9.17, 15) is 9.59 Å². The lowest BCUT2D eigenvalue weighted by atomic mass is 10.1. The van der Waals surface area contributed by atoms with Crippen molar-refractivity contribution in [3.8, 4) is 0 Å². The molecule has 0 aliphatic rings. The molecule has 0 bridgehead atoms. The number of nitrogens with one attached hydrogen (secondary N) is 1. The predicted octanol–water partition coefficient (Wildman–Crippen LogP) is 2.81. The number of anilines is 1. The van der Waals surface area contributed by atoms with Crippen LogP contribution < -0.4 is 10.9 Å². The fraction of sp³-hybridized carbons (Fsp3) is 0.200. The van der Waals surface area contributed by atoms with Crippen LogP contribution in [-0.2, 0) is 17.8 Å². The topological polar surface area (TPSA) is 51.1 Å². The highest BCUT2D eigenvalue weighted by atomic mass is 79.9. The smallest absolute Gasteiger partial charge is 0.251 e. The maximum absolute atomic E-state index is 12.0. The highest BCUT2D eigenvalue weighted by molar-refractivity contribution is 9.10. The van der Waals surface area contributed by atoms with Crippen LogP contribution in [0.3, 0.4) is 0 Å². The number of hydrogen-bond donors (Lipinski definition) is 1. The zero-order valence-corrected chi connectivity index (χ0v) is 12.7. The highest BCUT2D eigenvalue weighted by Gasteiger charge is 2.05. The average molecular weight is 335 g/mol. The molecule has 104 valence electrons. The number of amides is 1. The minimum Gasteiger partial charge on any atom is -0.325 e. The molecule has 2 rings (SSSR count).